The van der Waals surface area contributed by atoms with Crippen LogP contribution in [-0.4, -0.2) is 0 Å². The molecule has 94 valence electrons. The first kappa shape index (κ1) is 29.2. The molecule has 0 aliphatic rings. The lowest BCUT2D eigenvalue weighted by molar-refractivity contribution is 1.48. The molecule has 0 aromatic heterocycles. The molecule has 1 rings (SSSR count). The maximum absolute atomic E-state index is 2.08. The predicted octanol–water partition coefficient (Wildman–Crippen LogP) is 6.35. The van der Waals surface area contributed by atoms with Crippen LogP contribution in [0.1, 0.15) is 62.0 Å². The van der Waals surface area contributed by atoms with E-state index in [0.717, 1.165) is 0 Å². The molecule has 0 saturated carbocycles. The van der Waals surface area contributed by atoms with Gasteiger partial charge in [-0.05, 0) is 6.92 Å². The van der Waals surface area contributed by atoms with Gasteiger partial charge in [-0.3, -0.25) is 0 Å². The highest BCUT2D eigenvalue weighted by molar-refractivity contribution is 5.11. The van der Waals surface area contributed by atoms with Crippen molar-refractivity contribution < 1.29 is 0 Å². The third kappa shape index (κ3) is 31.9. The van der Waals surface area contributed by atoms with E-state index in [1.807, 2.05) is 59.7 Å². The van der Waals surface area contributed by atoms with Crippen molar-refractivity contribution in [2.24, 2.45) is 0 Å². The first-order valence-electron chi connectivity index (χ1n) is 5.41. The summed E-state index contributed by atoms with van der Waals surface area (Å²) in [6.45, 7) is 14.1. The quantitative estimate of drug-likeness (QED) is 0.472. The maximum atomic E-state index is 2.08. The van der Waals surface area contributed by atoms with Crippen LogP contribution >= 0.6 is 0 Å². The highest BCUT2D eigenvalue weighted by Gasteiger charge is 1.72. The van der Waals surface area contributed by atoms with Gasteiger partial charge in [0.1, 0.15) is 0 Å². The molecule has 0 bridgehead atoms. The molecule has 15 heavy (non-hydrogen) atoms. The van der Waals surface area contributed by atoms with E-state index in [4.69, 9.17) is 0 Å². The van der Waals surface area contributed by atoms with E-state index in [0.29, 0.717) is 0 Å². The Balaban J connectivity index is -0.0000000369. The Hall–Kier alpha value is -0.780. The normalized spacial score (nSPS) is 5.27. The molecule has 0 spiro atoms. The van der Waals surface area contributed by atoms with Crippen LogP contribution in [0, 0.1) is 6.92 Å². The van der Waals surface area contributed by atoms with Crippen molar-refractivity contribution in [1.82, 2.24) is 0 Å². The van der Waals surface area contributed by atoms with Crippen LogP contribution in [0.15, 0.2) is 30.3 Å². The van der Waals surface area contributed by atoms with Crippen LogP contribution in [0.25, 0.3) is 0 Å². The number of rotatable bonds is 0. The fourth-order valence-electron chi connectivity index (χ4n) is 0.534. The van der Waals surface area contributed by atoms with Crippen LogP contribution in [0.5, 0.6) is 0 Å². The molecule has 0 fully saturated rings. The summed E-state index contributed by atoms with van der Waals surface area (Å²) in [6.07, 6.45) is 0. The highest BCUT2D eigenvalue weighted by atomic mass is 13.8. The van der Waals surface area contributed by atoms with E-state index in [2.05, 4.69) is 19.1 Å². The first-order chi connectivity index (χ1) is 6.39. The Labute approximate surface area is 99.7 Å². The lowest BCUT2D eigenvalue weighted by atomic mass is 10.2. The molecule has 0 radical (unpaired) electrons. The minimum atomic E-state index is 0. The molecule has 0 atom stereocenters. The van der Waals surface area contributed by atoms with Crippen molar-refractivity contribution in [3.8, 4) is 0 Å². The fourth-order valence-corrected chi connectivity index (χ4v) is 0.534. The van der Waals surface area contributed by atoms with Gasteiger partial charge in [0.2, 0.25) is 0 Å². The molecule has 0 nitrogen and oxygen atoms in total. The topological polar surface area (TPSA) is 0 Å². The van der Waals surface area contributed by atoms with Crippen LogP contribution in [-0.2, 0) is 0 Å². The molecule has 0 aliphatic heterocycles. The van der Waals surface area contributed by atoms with Gasteiger partial charge >= 0.3 is 0 Å². The van der Waals surface area contributed by atoms with Crippen LogP contribution in [0.4, 0.5) is 0 Å². The van der Waals surface area contributed by atoms with Gasteiger partial charge in [-0.15, -0.1) is 0 Å². The van der Waals surface area contributed by atoms with Crippen molar-refractivity contribution >= 4 is 0 Å². The molecular formula is C15H34. The largest absolute Gasteiger partial charge is 0.0776 e. The molecule has 0 N–H and O–H groups in total. The summed E-state index contributed by atoms with van der Waals surface area (Å²) in [7, 11) is 0. The second kappa shape index (κ2) is 37.9. The number of hydrogen-bond acceptors (Lipinski definition) is 0. The minimum absolute atomic E-state index is 0. The van der Waals surface area contributed by atoms with Crippen LogP contribution in [0.3, 0.4) is 0 Å². The van der Waals surface area contributed by atoms with Gasteiger partial charge in [0.15, 0.2) is 0 Å². The summed E-state index contributed by atoms with van der Waals surface area (Å²) < 4.78 is 0. The summed E-state index contributed by atoms with van der Waals surface area (Å²) >= 11 is 0. The number of benzene rings is 1. The Kier molecular flexibility index (Phi) is 73.8. The van der Waals surface area contributed by atoms with Crippen LogP contribution in [0.2, 0.25) is 0 Å². The van der Waals surface area contributed by atoms with E-state index in [1.54, 1.807) is 0 Å². The van der Waals surface area contributed by atoms with Gasteiger partial charge < -0.3 is 0 Å². The zero-order valence-corrected chi connectivity index (χ0v) is 10.4. The molecule has 0 unspecified atom stereocenters. The average Bonchev–Trinajstić information content (AvgIpc) is 2.28. The molecular weight excluding hydrogens is 180 g/mol. The standard InChI is InChI=1S/C7H8.3C2H6.2CH4/c1-7-5-3-2-4-6-7;3*1-2;;/h2-6H,1H3;3*1-2H3;2*1H4. The Bertz CT molecular complexity index is 130. The Morgan fingerprint density at radius 1 is 0.600 bits per heavy atom. The third-order valence-electron chi connectivity index (χ3n) is 0.940. The fraction of sp³-hybridized carbons (Fsp3) is 0.600. The smallest absolute Gasteiger partial charge is 0.0398 e. The molecule has 0 aliphatic carbocycles. The molecule has 0 heterocycles. The van der Waals surface area contributed by atoms with E-state index in [1.165, 1.54) is 5.56 Å². The van der Waals surface area contributed by atoms with Gasteiger partial charge in [-0.1, -0.05) is 92.3 Å². The van der Waals surface area contributed by atoms with E-state index < -0.39 is 0 Å². The second-order valence-electron chi connectivity index (χ2n) is 1.65. The van der Waals surface area contributed by atoms with Crippen molar-refractivity contribution in [2.45, 2.75) is 63.3 Å². The third-order valence-corrected chi connectivity index (χ3v) is 0.940. The van der Waals surface area contributed by atoms with Gasteiger partial charge in [-0.25, -0.2) is 0 Å². The Morgan fingerprint density at radius 3 is 1.00 bits per heavy atom. The van der Waals surface area contributed by atoms with Crippen molar-refractivity contribution in [3.63, 3.8) is 0 Å². The molecule has 0 amide bonds. The molecule has 0 saturated heterocycles. The van der Waals surface area contributed by atoms with Gasteiger partial charge in [-0.2, -0.15) is 0 Å². The van der Waals surface area contributed by atoms with Gasteiger partial charge in [0.25, 0.3) is 0 Å². The Morgan fingerprint density at radius 2 is 0.867 bits per heavy atom. The van der Waals surface area contributed by atoms with Gasteiger partial charge in [0, 0.05) is 0 Å². The molecule has 1 aromatic carbocycles. The summed E-state index contributed by atoms with van der Waals surface area (Å²) in [6, 6.07) is 10.3. The highest BCUT2D eigenvalue weighted by Crippen LogP contribution is 1.92. The van der Waals surface area contributed by atoms with Crippen molar-refractivity contribution in [3.05, 3.63) is 35.9 Å². The number of hydrogen-bond donors (Lipinski definition) is 0. The summed E-state index contributed by atoms with van der Waals surface area (Å²) in [4.78, 5) is 0. The molecule has 1 aromatic rings. The predicted molar refractivity (Wildman–Crippen MR) is 78.7 cm³/mol. The van der Waals surface area contributed by atoms with Gasteiger partial charge in [0.05, 0.1) is 0 Å². The summed E-state index contributed by atoms with van der Waals surface area (Å²) in [5.74, 6) is 0. The van der Waals surface area contributed by atoms with Crippen molar-refractivity contribution in [2.75, 3.05) is 0 Å². The average molecular weight is 214 g/mol. The zero-order chi connectivity index (χ0) is 11.1. The first-order valence-corrected chi connectivity index (χ1v) is 5.41. The van der Waals surface area contributed by atoms with E-state index >= 15 is 0 Å². The number of aryl methyl sites for hydroxylation is 1. The van der Waals surface area contributed by atoms with E-state index in [-0.39, 0.29) is 14.9 Å². The summed E-state index contributed by atoms with van der Waals surface area (Å²) in [5, 5.41) is 0. The molecule has 0 heteroatoms. The SMILES string of the molecule is C.C.CC.CC.CC.Cc1ccccc1. The van der Waals surface area contributed by atoms with E-state index in [9.17, 15) is 0 Å². The lowest BCUT2D eigenvalue weighted by Gasteiger charge is -1.82. The summed E-state index contributed by atoms with van der Waals surface area (Å²) in [5.41, 5.74) is 1.32. The zero-order valence-electron chi connectivity index (χ0n) is 10.4. The van der Waals surface area contributed by atoms with Crippen molar-refractivity contribution in [1.29, 1.82) is 0 Å². The van der Waals surface area contributed by atoms with Crippen LogP contribution < -0.4 is 0 Å². The minimum Gasteiger partial charge on any atom is -0.0776 e. The lowest BCUT2D eigenvalue weighted by Crippen LogP contribution is -1.62. The second-order valence-corrected chi connectivity index (χ2v) is 1.65. The maximum Gasteiger partial charge on any atom is -0.0398 e. The monoisotopic (exact) mass is 214 g/mol.